The van der Waals surface area contributed by atoms with Crippen LogP contribution in [0.5, 0.6) is 0 Å². The summed E-state index contributed by atoms with van der Waals surface area (Å²) in [6.07, 6.45) is 8.76. The monoisotopic (exact) mass is 516 g/mol. The van der Waals surface area contributed by atoms with Crippen molar-refractivity contribution in [1.82, 2.24) is 0 Å². The average Bonchev–Trinajstić information content (AvgIpc) is 3.63. The molecule has 6 rings (SSSR count). The maximum atomic E-state index is 13.5. The molecule has 0 saturated carbocycles. The second-order valence-electron chi connectivity index (χ2n) is 9.67. The van der Waals surface area contributed by atoms with Gasteiger partial charge in [-0.15, -0.1) is 0 Å². The number of benzene rings is 3. The largest absolute Gasteiger partial charge is 0.478 e. The first-order chi connectivity index (χ1) is 19.1. The lowest BCUT2D eigenvalue weighted by Gasteiger charge is -2.37. The molecule has 3 aromatic carbocycles. The summed E-state index contributed by atoms with van der Waals surface area (Å²) in [5.41, 5.74) is 6.08. The lowest BCUT2D eigenvalue weighted by molar-refractivity contribution is -0.114. The molecule has 194 valence electrons. The molecule has 1 amide bonds. The molecule has 0 atom stereocenters. The van der Waals surface area contributed by atoms with Crippen molar-refractivity contribution in [2.45, 2.75) is 6.42 Å². The Labute approximate surface area is 227 Å². The lowest BCUT2D eigenvalue weighted by Crippen LogP contribution is -2.46. The van der Waals surface area contributed by atoms with Gasteiger partial charge in [0.1, 0.15) is 5.71 Å². The van der Waals surface area contributed by atoms with Crippen molar-refractivity contribution in [3.8, 4) is 0 Å². The second kappa shape index (κ2) is 10.5. The topological polar surface area (TPSA) is 76.5 Å². The number of anilines is 3. The summed E-state index contributed by atoms with van der Waals surface area (Å²) in [5, 5.41) is 15.2. The van der Waals surface area contributed by atoms with E-state index in [0.29, 0.717) is 17.0 Å². The van der Waals surface area contributed by atoms with Crippen LogP contribution >= 0.6 is 0 Å². The molecular formula is C32H28N4O3. The van der Waals surface area contributed by atoms with Gasteiger partial charge in [-0.2, -0.15) is 10.1 Å². The lowest BCUT2D eigenvalue weighted by atomic mass is 10.0. The van der Waals surface area contributed by atoms with Crippen molar-refractivity contribution < 1.29 is 14.7 Å². The Morgan fingerprint density at radius 2 is 1.41 bits per heavy atom. The number of carboxylic acids is 1. The van der Waals surface area contributed by atoms with Crippen LogP contribution in [0.1, 0.15) is 22.3 Å². The highest BCUT2D eigenvalue weighted by atomic mass is 16.4. The number of aromatic carboxylic acids is 1. The molecule has 3 aliphatic rings. The van der Waals surface area contributed by atoms with Gasteiger partial charge < -0.3 is 14.9 Å². The quantitative estimate of drug-likeness (QED) is 0.445. The number of hydrazone groups is 1. The maximum absolute atomic E-state index is 13.5. The van der Waals surface area contributed by atoms with Gasteiger partial charge in [-0.3, -0.25) is 4.79 Å². The smallest absolute Gasteiger partial charge is 0.335 e. The van der Waals surface area contributed by atoms with Crippen molar-refractivity contribution >= 4 is 40.7 Å². The minimum atomic E-state index is -1.01. The maximum Gasteiger partial charge on any atom is 0.335 e. The van der Waals surface area contributed by atoms with Gasteiger partial charge in [0, 0.05) is 37.6 Å². The highest BCUT2D eigenvalue weighted by Crippen LogP contribution is 2.30. The van der Waals surface area contributed by atoms with E-state index in [4.69, 9.17) is 0 Å². The molecule has 39 heavy (non-hydrogen) atoms. The summed E-state index contributed by atoms with van der Waals surface area (Å²) in [7, 11) is 0. The van der Waals surface area contributed by atoms with Crippen molar-refractivity contribution in [2.75, 3.05) is 41.0 Å². The highest BCUT2D eigenvalue weighted by Gasteiger charge is 2.33. The number of rotatable bonds is 6. The molecule has 0 unspecified atom stereocenters. The van der Waals surface area contributed by atoms with E-state index in [1.807, 2.05) is 36.4 Å². The Bertz CT molecular complexity index is 1510. The number of carbonyl (C=O) groups is 2. The SMILES string of the molecule is O=C(O)c1ccc(N2N=C(C3=CCC=C3)/C(=C/c3ccc(N4CCN(c5ccccc5)CC4)cc3)C2=O)cc1. The standard InChI is InChI=1S/C32H28N4O3/c37-31-29(30(24-6-4-5-7-24)33-36(31)28-16-12-25(13-17-28)32(38)39)22-23-10-14-27(15-11-23)35-20-18-34(19-21-35)26-8-2-1-3-9-26/h1-4,6-17,22H,5,18-21H2,(H,38,39)/b29-22-. The molecule has 0 bridgehead atoms. The average molecular weight is 517 g/mol. The Balaban J connectivity index is 1.21. The Kier molecular flexibility index (Phi) is 6.55. The fourth-order valence-corrected chi connectivity index (χ4v) is 5.12. The molecule has 0 radical (unpaired) electrons. The van der Waals surface area contributed by atoms with Gasteiger partial charge >= 0.3 is 5.97 Å². The fraction of sp³-hybridized carbons (Fsp3) is 0.156. The van der Waals surface area contributed by atoms with E-state index in [9.17, 15) is 14.7 Å². The Hall–Kier alpha value is -4.91. The summed E-state index contributed by atoms with van der Waals surface area (Å²) in [5.74, 6) is -1.25. The molecule has 7 heteroatoms. The van der Waals surface area contributed by atoms with Crippen LogP contribution in [0.4, 0.5) is 17.1 Å². The Morgan fingerprint density at radius 3 is 2.00 bits per heavy atom. The van der Waals surface area contributed by atoms with Gasteiger partial charge in [0.05, 0.1) is 16.8 Å². The van der Waals surface area contributed by atoms with Crippen LogP contribution in [-0.2, 0) is 4.79 Å². The summed E-state index contributed by atoms with van der Waals surface area (Å²) in [6.45, 7) is 3.83. The highest BCUT2D eigenvalue weighted by molar-refractivity contribution is 6.38. The molecule has 2 aliphatic heterocycles. The third kappa shape index (κ3) is 4.99. The third-order valence-electron chi connectivity index (χ3n) is 7.25. The predicted octanol–water partition coefficient (Wildman–Crippen LogP) is 5.38. The van der Waals surface area contributed by atoms with Crippen LogP contribution in [0.3, 0.4) is 0 Å². The van der Waals surface area contributed by atoms with Crippen molar-refractivity contribution in [2.24, 2.45) is 5.10 Å². The molecule has 0 spiro atoms. The van der Waals surface area contributed by atoms with Gasteiger partial charge in [0.15, 0.2) is 0 Å². The van der Waals surface area contributed by atoms with E-state index < -0.39 is 5.97 Å². The molecule has 7 nitrogen and oxygen atoms in total. The zero-order chi connectivity index (χ0) is 26.8. The van der Waals surface area contributed by atoms with E-state index in [2.05, 4.69) is 57.4 Å². The second-order valence-corrected chi connectivity index (χ2v) is 9.67. The number of piperazine rings is 1. The summed E-state index contributed by atoms with van der Waals surface area (Å²) in [6, 6.07) is 25.0. The summed E-state index contributed by atoms with van der Waals surface area (Å²) < 4.78 is 0. The first-order valence-corrected chi connectivity index (χ1v) is 13.1. The number of para-hydroxylation sites is 1. The van der Waals surface area contributed by atoms with E-state index in [1.54, 1.807) is 12.1 Å². The molecule has 1 saturated heterocycles. The van der Waals surface area contributed by atoms with Gasteiger partial charge in [-0.25, -0.2) is 4.79 Å². The fourth-order valence-electron chi connectivity index (χ4n) is 5.12. The molecule has 1 fully saturated rings. The van der Waals surface area contributed by atoms with Gasteiger partial charge in [0.2, 0.25) is 0 Å². The number of hydrogen-bond donors (Lipinski definition) is 1. The number of amides is 1. The van der Waals surface area contributed by atoms with Crippen molar-refractivity contribution in [1.29, 1.82) is 0 Å². The summed E-state index contributed by atoms with van der Waals surface area (Å²) in [4.78, 5) is 29.6. The van der Waals surface area contributed by atoms with Crippen molar-refractivity contribution in [3.63, 3.8) is 0 Å². The molecule has 2 heterocycles. The van der Waals surface area contributed by atoms with Crippen LogP contribution in [0.15, 0.2) is 113 Å². The zero-order valence-corrected chi connectivity index (χ0v) is 21.4. The van der Waals surface area contributed by atoms with Crippen LogP contribution in [-0.4, -0.2) is 48.9 Å². The Morgan fingerprint density at radius 1 is 0.795 bits per heavy atom. The number of carboxylic acid groups (broad SMARTS) is 1. The van der Waals surface area contributed by atoms with Crippen molar-refractivity contribution in [3.05, 3.63) is 119 Å². The molecule has 1 N–H and O–H groups in total. The van der Waals surface area contributed by atoms with E-state index in [-0.39, 0.29) is 11.5 Å². The number of carbonyl (C=O) groups excluding carboxylic acids is 1. The van der Waals surface area contributed by atoms with Crippen LogP contribution in [0, 0.1) is 0 Å². The van der Waals surface area contributed by atoms with Crippen LogP contribution < -0.4 is 14.8 Å². The third-order valence-corrected chi connectivity index (χ3v) is 7.25. The zero-order valence-electron chi connectivity index (χ0n) is 21.4. The molecule has 3 aromatic rings. The van der Waals surface area contributed by atoms with E-state index in [1.165, 1.54) is 22.8 Å². The van der Waals surface area contributed by atoms with Crippen LogP contribution in [0.2, 0.25) is 0 Å². The molecule has 0 aromatic heterocycles. The molecular weight excluding hydrogens is 488 g/mol. The number of nitrogens with zero attached hydrogens (tertiary/aromatic N) is 4. The first-order valence-electron chi connectivity index (χ1n) is 13.1. The number of hydrogen-bond acceptors (Lipinski definition) is 5. The summed E-state index contributed by atoms with van der Waals surface area (Å²) >= 11 is 0. The minimum Gasteiger partial charge on any atom is -0.478 e. The van der Waals surface area contributed by atoms with Gasteiger partial charge in [-0.05, 0) is 72.2 Å². The molecule has 1 aliphatic carbocycles. The van der Waals surface area contributed by atoms with E-state index >= 15 is 0 Å². The first kappa shape index (κ1) is 24.4. The normalized spacial score (nSPS) is 18.1. The number of allylic oxidation sites excluding steroid dienone is 4. The predicted molar refractivity (Wildman–Crippen MR) is 155 cm³/mol. The van der Waals surface area contributed by atoms with Gasteiger partial charge in [-0.1, -0.05) is 48.6 Å². The van der Waals surface area contributed by atoms with Crippen LogP contribution in [0.25, 0.3) is 6.08 Å². The van der Waals surface area contributed by atoms with Gasteiger partial charge in [0.25, 0.3) is 5.91 Å². The van der Waals surface area contributed by atoms with E-state index in [0.717, 1.165) is 49.4 Å². The minimum absolute atomic E-state index is 0.161.